The Bertz CT molecular complexity index is 738. The first-order valence-electron chi connectivity index (χ1n) is 7.82. The minimum absolute atomic E-state index is 0.0756. The number of aryl methyl sites for hydroxylation is 2. The Labute approximate surface area is 139 Å². The van der Waals surface area contributed by atoms with Gasteiger partial charge in [-0.25, -0.2) is 18.1 Å². The maximum absolute atomic E-state index is 12.4. The molecule has 3 rings (SSSR count). The number of Topliss-reactive ketones (excluding diaryl/α,β-unsaturated/α-hetero) is 1. The number of nitrogens with one attached hydrogen (secondary N) is 1. The van der Waals surface area contributed by atoms with Crippen LogP contribution in [0.25, 0.3) is 0 Å². The van der Waals surface area contributed by atoms with Gasteiger partial charge in [0.25, 0.3) is 10.0 Å². The second-order valence-electron chi connectivity index (χ2n) is 6.47. The molecule has 23 heavy (non-hydrogen) atoms. The molecular formula is C15H20N2O4S2. The summed E-state index contributed by atoms with van der Waals surface area (Å²) in [6.07, 6.45) is 3.60. The van der Waals surface area contributed by atoms with Gasteiger partial charge in [0.05, 0.1) is 10.7 Å². The summed E-state index contributed by atoms with van der Waals surface area (Å²) in [4.78, 5) is 28.6. The van der Waals surface area contributed by atoms with E-state index in [2.05, 4.69) is 9.71 Å². The molecule has 6 nitrogen and oxygen atoms in total. The molecule has 1 aromatic heterocycles. The molecule has 126 valence electrons. The average Bonchev–Trinajstić information content (AvgIpc) is 2.77. The average molecular weight is 356 g/mol. The molecule has 8 heteroatoms. The van der Waals surface area contributed by atoms with E-state index in [1.54, 1.807) is 13.8 Å². The third kappa shape index (κ3) is 3.19. The van der Waals surface area contributed by atoms with Crippen LogP contribution in [0.5, 0.6) is 0 Å². The number of rotatable bonds is 3. The molecule has 2 bridgehead atoms. The van der Waals surface area contributed by atoms with Crippen molar-refractivity contribution in [3.8, 4) is 0 Å². The third-order valence-electron chi connectivity index (χ3n) is 4.76. The lowest BCUT2D eigenvalue weighted by molar-refractivity contribution is -0.137. The van der Waals surface area contributed by atoms with Crippen molar-refractivity contribution >= 4 is 33.1 Å². The van der Waals surface area contributed by atoms with E-state index in [4.69, 9.17) is 0 Å². The maximum atomic E-state index is 12.4. The summed E-state index contributed by atoms with van der Waals surface area (Å²) in [7, 11) is -3.88. The van der Waals surface area contributed by atoms with Gasteiger partial charge < -0.3 is 0 Å². The molecule has 1 aromatic rings. The van der Waals surface area contributed by atoms with E-state index in [1.165, 1.54) is 0 Å². The van der Waals surface area contributed by atoms with Crippen LogP contribution in [0.1, 0.15) is 42.8 Å². The molecule has 2 aliphatic carbocycles. The third-order valence-corrected chi connectivity index (χ3v) is 7.79. The van der Waals surface area contributed by atoms with E-state index in [0.717, 1.165) is 30.6 Å². The number of carbonyl (C=O) groups excluding carboxylic acids is 2. The van der Waals surface area contributed by atoms with Gasteiger partial charge in [0.1, 0.15) is 5.78 Å². The molecule has 1 amide bonds. The Morgan fingerprint density at radius 3 is 2.35 bits per heavy atom. The zero-order valence-electron chi connectivity index (χ0n) is 13.2. The van der Waals surface area contributed by atoms with Crippen molar-refractivity contribution in [1.29, 1.82) is 0 Å². The molecule has 1 N–H and O–H groups in total. The summed E-state index contributed by atoms with van der Waals surface area (Å²) in [5.41, 5.74) is 0.406. The highest BCUT2D eigenvalue weighted by molar-refractivity contribution is 7.92. The number of amides is 1. The van der Waals surface area contributed by atoms with E-state index < -0.39 is 21.8 Å². The summed E-state index contributed by atoms with van der Waals surface area (Å²) >= 11 is 1.06. The molecule has 0 aromatic carbocycles. The molecule has 2 saturated carbocycles. The maximum Gasteiger partial charge on any atom is 0.275 e. The number of aromatic nitrogens is 1. The molecule has 0 radical (unpaired) electrons. The minimum Gasteiger partial charge on any atom is -0.299 e. The van der Waals surface area contributed by atoms with Gasteiger partial charge in [0.15, 0.2) is 4.21 Å². The quantitative estimate of drug-likeness (QED) is 0.893. The number of nitrogens with zero attached hydrogens (tertiary/aromatic N) is 1. The van der Waals surface area contributed by atoms with E-state index in [0.29, 0.717) is 23.5 Å². The van der Waals surface area contributed by atoms with Crippen molar-refractivity contribution in [1.82, 2.24) is 9.71 Å². The highest BCUT2D eigenvalue weighted by Crippen LogP contribution is 2.40. The summed E-state index contributed by atoms with van der Waals surface area (Å²) in [5.74, 6) is -0.772. The Hall–Kier alpha value is -1.28. The van der Waals surface area contributed by atoms with Gasteiger partial charge in [-0.3, -0.25) is 9.59 Å². The van der Waals surface area contributed by atoms with Crippen molar-refractivity contribution in [2.24, 2.45) is 17.8 Å². The summed E-state index contributed by atoms with van der Waals surface area (Å²) < 4.78 is 27.1. The lowest BCUT2D eigenvalue weighted by Gasteiger charge is -2.36. The molecule has 2 unspecified atom stereocenters. The van der Waals surface area contributed by atoms with Crippen molar-refractivity contribution < 1.29 is 18.0 Å². The highest BCUT2D eigenvalue weighted by atomic mass is 32.2. The fourth-order valence-electron chi connectivity index (χ4n) is 3.72. The fourth-order valence-corrected chi connectivity index (χ4v) is 6.25. The number of hydrogen-bond donors (Lipinski definition) is 1. The molecule has 2 aliphatic rings. The van der Waals surface area contributed by atoms with Gasteiger partial charge in [-0.15, -0.1) is 11.3 Å². The zero-order chi connectivity index (χ0) is 16.8. The topological polar surface area (TPSA) is 93.2 Å². The normalized spacial score (nSPS) is 27.7. The van der Waals surface area contributed by atoms with Crippen molar-refractivity contribution in [3.05, 3.63) is 10.7 Å². The van der Waals surface area contributed by atoms with E-state index in [-0.39, 0.29) is 21.8 Å². The first-order chi connectivity index (χ1) is 10.8. The van der Waals surface area contributed by atoms with Gasteiger partial charge >= 0.3 is 0 Å². The SMILES string of the molecule is Cc1nc(C)c(S(=O)(=O)NC(=O)C2CC3CCCC(C2)C3=O)s1. The first-order valence-corrected chi connectivity index (χ1v) is 10.1. The van der Waals surface area contributed by atoms with E-state index in [9.17, 15) is 18.0 Å². The van der Waals surface area contributed by atoms with E-state index >= 15 is 0 Å². The number of fused-ring (bicyclic) bond motifs is 2. The number of sulfonamides is 1. The molecule has 0 spiro atoms. The number of carbonyl (C=O) groups is 2. The molecule has 0 saturated heterocycles. The van der Waals surface area contributed by atoms with Crippen LogP contribution in [0.2, 0.25) is 0 Å². The van der Waals surface area contributed by atoms with Crippen LogP contribution in [-0.2, 0) is 19.6 Å². The lowest BCUT2D eigenvalue weighted by atomic mass is 9.67. The van der Waals surface area contributed by atoms with Crippen molar-refractivity contribution in [2.75, 3.05) is 0 Å². The van der Waals surface area contributed by atoms with Gasteiger partial charge in [-0.05, 0) is 39.5 Å². The molecular weight excluding hydrogens is 336 g/mol. The largest absolute Gasteiger partial charge is 0.299 e. The van der Waals surface area contributed by atoms with Crippen LogP contribution in [-0.4, -0.2) is 25.1 Å². The number of thiazole rings is 1. The monoisotopic (exact) mass is 356 g/mol. The first kappa shape index (κ1) is 16.6. The summed E-state index contributed by atoms with van der Waals surface area (Å²) in [6.45, 7) is 3.35. The standard InChI is InChI=1S/C15H20N2O4S2/c1-8-15(22-9(2)16-8)23(20,21)17-14(19)12-6-10-4-3-5-11(7-12)13(10)18/h10-12H,3-7H2,1-2H3,(H,17,19). The van der Waals surface area contributed by atoms with E-state index in [1.807, 2.05) is 0 Å². The number of hydrogen-bond acceptors (Lipinski definition) is 6. The minimum atomic E-state index is -3.88. The second-order valence-corrected chi connectivity index (χ2v) is 9.55. The van der Waals surface area contributed by atoms with Crippen LogP contribution in [0, 0.1) is 31.6 Å². The Balaban J connectivity index is 1.74. The van der Waals surface area contributed by atoms with Crippen LogP contribution in [0.15, 0.2) is 4.21 Å². The lowest BCUT2D eigenvalue weighted by Crippen LogP contribution is -2.44. The van der Waals surface area contributed by atoms with Crippen LogP contribution in [0.3, 0.4) is 0 Å². The Morgan fingerprint density at radius 2 is 1.83 bits per heavy atom. The summed E-state index contributed by atoms with van der Waals surface area (Å²) in [6, 6.07) is 0. The predicted octanol–water partition coefficient (Wildman–Crippen LogP) is 1.96. The Kier molecular flexibility index (Phi) is 4.31. The van der Waals surface area contributed by atoms with Crippen LogP contribution in [0.4, 0.5) is 0 Å². The summed E-state index contributed by atoms with van der Waals surface area (Å²) in [5, 5.41) is 0.646. The fraction of sp³-hybridized carbons (Fsp3) is 0.667. The Morgan fingerprint density at radius 1 is 1.22 bits per heavy atom. The van der Waals surface area contributed by atoms with Gasteiger partial charge in [0.2, 0.25) is 5.91 Å². The van der Waals surface area contributed by atoms with Crippen molar-refractivity contribution in [3.63, 3.8) is 0 Å². The zero-order valence-corrected chi connectivity index (χ0v) is 14.8. The van der Waals surface area contributed by atoms with Crippen LogP contribution < -0.4 is 4.72 Å². The van der Waals surface area contributed by atoms with Crippen LogP contribution >= 0.6 is 11.3 Å². The smallest absolute Gasteiger partial charge is 0.275 e. The molecule has 1 heterocycles. The highest BCUT2D eigenvalue weighted by Gasteiger charge is 2.42. The van der Waals surface area contributed by atoms with Gasteiger partial charge in [-0.1, -0.05) is 6.42 Å². The van der Waals surface area contributed by atoms with Gasteiger partial charge in [0, 0.05) is 17.8 Å². The van der Waals surface area contributed by atoms with Crippen molar-refractivity contribution in [2.45, 2.75) is 50.2 Å². The molecule has 2 atom stereocenters. The molecule has 0 aliphatic heterocycles. The van der Waals surface area contributed by atoms with Gasteiger partial charge in [-0.2, -0.15) is 0 Å². The predicted molar refractivity (Wildman–Crippen MR) is 85.5 cm³/mol. The second kappa shape index (κ2) is 5.98. The number of ketones is 1. The molecule has 2 fully saturated rings.